The summed E-state index contributed by atoms with van der Waals surface area (Å²) >= 11 is 0. The van der Waals surface area contributed by atoms with Crippen LogP contribution < -0.4 is 5.73 Å². The van der Waals surface area contributed by atoms with Gasteiger partial charge in [0.25, 0.3) is 0 Å². The molecule has 12 heavy (non-hydrogen) atoms. The Morgan fingerprint density at radius 2 is 2.33 bits per heavy atom. The Hall–Kier alpha value is -1.51. The van der Waals surface area contributed by atoms with Crippen LogP contribution in [0, 0.1) is 0 Å². The van der Waals surface area contributed by atoms with E-state index in [1.165, 1.54) is 0 Å². The predicted octanol–water partition coefficient (Wildman–Crippen LogP) is 1.77. The maximum Gasteiger partial charge on any atom is 0.404 e. The van der Waals surface area contributed by atoms with Crippen LogP contribution in [0.25, 0.3) is 0 Å². The summed E-state index contributed by atoms with van der Waals surface area (Å²) in [7, 11) is 0. The lowest BCUT2D eigenvalue weighted by atomic mass is 10.2. The fraction of sp³-hybridized carbons (Fsp3) is 0.222. The molecule has 0 saturated heterocycles. The minimum Gasteiger partial charge on any atom is -0.445 e. The quantitative estimate of drug-likeness (QED) is 0.649. The average molecular weight is 167 g/mol. The Morgan fingerprint density at radius 3 is 2.75 bits per heavy atom. The summed E-state index contributed by atoms with van der Waals surface area (Å²) in [6.45, 7) is 5.57. The molecule has 0 aliphatic rings. The number of hydrogen-bond donors (Lipinski definition) is 1. The van der Waals surface area contributed by atoms with Crippen LogP contribution in [-0.2, 0) is 4.74 Å². The molecule has 0 aromatic rings. The third-order valence-electron chi connectivity index (χ3n) is 1.20. The van der Waals surface area contributed by atoms with Crippen molar-refractivity contribution in [3.63, 3.8) is 0 Å². The summed E-state index contributed by atoms with van der Waals surface area (Å²) in [4.78, 5) is 10.2. The first kappa shape index (κ1) is 10.5. The van der Waals surface area contributed by atoms with Crippen LogP contribution in [0.5, 0.6) is 0 Å². The lowest BCUT2D eigenvalue weighted by Crippen LogP contribution is -2.14. The summed E-state index contributed by atoms with van der Waals surface area (Å²) in [6, 6.07) is 0. The van der Waals surface area contributed by atoms with Crippen LogP contribution in [-0.4, -0.2) is 12.7 Å². The second kappa shape index (κ2) is 6.22. The van der Waals surface area contributed by atoms with Crippen LogP contribution in [0.2, 0.25) is 0 Å². The van der Waals surface area contributed by atoms with Gasteiger partial charge in [-0.1, -0.05) is 30.9 Å². The zero-order valence-corrected chi connectivity index (χ0v) is 7.12. The molecular formula is C9H13NO2. The van der Waals surface area contributed by atoms with Gasteiger partial charge in [-0.25, -0.2) is 4.79 Å². The molecule has 0 aliphatic carbocycles. The van der Waals surface area contributed by atoms with Gasteiger partial charge in [0.1, 0.15) is 6.61 Å². The van der Waals surface area contributed by atoms with E-state index >= 15 is 0 Å². The molecular weight excluding hydrogens is 154 g/mol. The van der Waals surface area contributed by atoms with Crippen molar-refractivity contribution in [3.05, 3.63) is 36.5 Å². The normalized spacial score (nSPS) is 11.6. The first-order valence-corrected chi connectivity index (χ1v) is 3.57. The van der Waals surface area contributed by atoms with Crippen molar-refractivity contribution in [1.29, 1.82) is 0 Å². The van der Waals surface area contributed by atoms with E-state index in [0.29, 0.717) is 0 Å². The standard InChI is InChI=1S/C9H13NO2/c1-3-5-6-8(4-2)7-12-9(10)11/h3-6H,1,7H2,2H3,(H2,10,11)/b6-5-,8-4+. The second-order valence-corrected chi connectivity index (χ2v) is 2.07. The number of hydrogen-bond acceptors (Lipinski definition) is 2. The minimum absolute atomic E-state index is 0.205. The van der Waals surface area contributed by atoms with Gasteiger partial charge in [-0.3, -0.25) is 0 Å². The van der Waals surface area contributed by atoms with Gasteiger partial charge in [0.05, 0.1) is 0 Å². The van der Waals surface area contributed by atoms with Crippen LogP contribution in [0.3, 0.4) is 0 Å². The van der Waals surface area contributed by atoms with Crippen LogP contribution >= 0.6 is 0 Å². The Kier molecular flexibility index (Phi) is 5.43. The van der Waals surface area contributed by atoms with Crippen molar-refractivity contribution in [3.8, 4) is 0 Å². The van der Waals surface area contributed by atoms with E-state index in [1.54, 1.807) is 18.2 Å². The van der Waals surface area contributed by atoms with Crippen molar-refractivity contribution in [2.75, 3.05) is 6.61 Å². The van der Waals surface area contributed by atoms with Crippen LogP contribution in [0.15, 0.2) is 36.5 Å². The lowest BCUT2D eigenvalue weighted by Gasteiger charge is -2.00. The lowest BCUT2D eigenvalue weighted by molar-refractivity contribution is 0.167. The fourth-order valence-electron chi connectivity index (χ4n) is 0.574. The zero-order chi connectivity index (χ0) is 9.40. The van der Waals surface area contributed by atoms with Crippen LogP contribution in [0.4, 0.5) is 4.79 Å². The molecule has 3 heteroatoms. The molecule has 0 heterocycles. The number of carbonyl (C=O) groups is 1. The van der Waals surface area contributed by atoms with Crippen molar-refractivity contribution in [2.45, 2.75) is 6.92 Å². The topological polar surface area (TPSA) is 52.3 Å². The van der Waals surface area contributed by atoms with E-state index < -0.39 is 6.09 Å². The summed E-state index contributed by atoms with van der Waals surface area (Å²) in [5, 5.41) is 0. The molecule has 0 rings (SSSR count). The Labute approximate surface area is 72.2 Å². The summed E-state index contributed by atoms with van der Waals surface area (Å²) in [6.07, 6.45) is 6.29. The average Bonchev–Trinajstić information content (AvgIpc) is 2.05. The highest BCUT2D eigenvalue weighted by molar-refractivity contribution is 5.64. The first-order valence-electron chi connectivity index (χ1n) is 3.57. The zero-order valence-electron chi connectivity index (χ0n) is 7.12. The maximum absolute atomic E-state index is 10.2. The van der Waals surface area contributed by atoms with Gasteiger partial charge in [-0.05, 0) is 12.5 Å². The minimum atomic E-state index is -0.763. The smallest absolute Gasteiger partial charge is 0.404 e. The number of nitrogens with two attached hydrogens (primary N) is 1. The van der Waals surface area contributed by atoms with Crippen molar-refractivity contribution < 1.29 is 9.53 Å². The molecule has 0 bridgehead atoms. The highest BCUT2D eigenvalue weighted by Crippen LogP contribution is 1.97. The van der Waals surface area contributed by atoms with Gasteiger partial charge in [0, 0.05) is 0 Å². The molecule has 3 nitrogen and oxygen atoms in total. The highest BCUT2D eigenvalue weighted by Gasteiger charge is 1.94. The molecule has 0 aromatic carbocycles. The number of rotatable bonds is 4. The van der Waals surface area contributed by atoms with Gasteiger partial charge < -0.3 is 10.5 Å². The molecule has 0 atom stereocenters. The Bertz CT molecular complexity index is 217. The molecule has 0 radical (unpaired) electrons. The van der Waals surface area contributed by atoms with E-state index in [2.05, 4.69) is 11.3 Å². The number of allylic oxidation sites excluding steroid dienone is 3. The number of primary amides is 1. The van der Waals surface area contributed by atoms with Gasteiger partial charge in [-0.2, -0.15) is 0 Å². The Balaban J connectivity index is 3.93. The highest BCUT2D eigenvalue weighted by atomic mass is 16.5. The van der Waals surface area contributed by atoms with Gasteiger partial charge >= 0.3 is 6.09 Å². The van der Waals surface area contributed by atoms with E-state index in [-0.39, 0.29) is 6.61 Å². The van der Waals surface area contributed by atoms with E-state index in [0.717, 1.165) is 5.57 Å². The largest absolute Gasteiger partial charge is 0.445 e. The molecule has 66 valence electrons. The summed E-state index contributed by atoms with van der Waals surface area (Å²) in [5.41, 5.74) is 5.67. The van der Waals surface area contributed by atoms with Gasteiger partial charge in [0.2, 0.25) is 0 Å². The maximum atomic E-state index is 10.2. The van der Waals surface area contributed by atoms with Crippen molar-refractivity contribution in [1.82, 2.24) is 0 Å². The van der Waals surface area contributed by atoms with Gasteiger partial charge in [-0.15, -0.1) is 0 Å². The summed E-state index contributed by atoms with van der Waals surface area (Å²) in [5.74, 6) is 0. The van der Waals surface area contributed by atoms with E-state index in [9.17, 15) is 4.79 Å². The van der Waals surface area contributed by atoms with Crippen molar-refractivity contribution in [2.24, 2.45) is 5.73 Å². The monoisotopic (exact) mass is 167 g/mol. The predicted molar refractivity (Wildman–Crippen MR) is 48.6 cm³/mol. The number of amides is 1. The SMILES string of the molecule is C=C/C=C\C(=C/C)COC(N)=O. The van der Waals surface area contributed by atoms with Gasteiger partial charge in [0.15, 0.2) is 0 Å². The first-order chi connectivity index (χ1) is 5.70. The molecule has 0 aliphatic heterocycles. The molecule has 1 amide bonds. The Morgan fingerprint density at radius 1 is 1.67 bits per heavy atom. The van der Waals surface area contributed by atoms with E-state index in [1.807, 2.05) is 13.0 Å². The molecule has 0 aromatic heterocycles. The number of carbonyl (C=O) groups excluding carboxylic acids is 1. The number of ether oxygens (including phenoxy) is 1. The van der Waals surface area contributed by atoms with Crippen molar-refractivity contribution >= 4 is 6.09 Å². The van der Waals surface area contributed by atoms with Crippen LogP contribution in [0.1, 0.15) is 6.92 Å². The third kappa shape index (κ3) is 5.29. The molecule has 0 fully saturated rings. The molecule has 0 spiro atoms. The fourth-order valence-corrected chi connectivity index (χ4v) is 0.574. The second-order valence-electron chi connectivity index (χ2n) is 2.07. The molecule has 2 N–H and O–H groups in total. The summed E-state index contributed by atoms with van der Waals surface area (Å²) < 4.78 is 4.58. The third-order valence-corrected chi connectivity index (χ3v) is 1.20. The molecule has 0 saturated carbocycles. The molecule has 0 unspecified atom stereocenters. The van der Waals surface area contributed by atoms with E-state index in [4.69, 9.17) is 5.73 Å².